The Balaban J connectivity index is 1.71. The molecule has 10 heteroatoms. The lowest BCUT2D eigenvalue weighted by Gasteiger charge is -2.34. The van der Waals surface area contributed by atoms with Crippen molar-refractivity contribution < 1.29 is 31.1 Å². The third-order valence-electron chi connectivity index (χ3n) is 4.29. The second-order valence-electron chi connectivity index (χ2n) is 6.03. The van der Waals surface area contributed by atoms with E-state index in [4.69, 9.17) is 0 Å². The minimum atomic E-state index is -3.89. The van der Waals surface area contributed by atoms with Crippen LogP contribution in [0.2, 0.25) is 0 Å². The fraction of sp³-hybridized carbons (Fsp3) is 0.278. The van der Waals surface area contributed by atoms with Crippen molar-refractivity contribution in [3.8, 4) is 5.75 Å². The first-order valence-electron chi connectivity index (χ1n) is 8.38. The van der Waals surface area contributed by atoms with Crippen LogP contribution in [0.15, 0.2) is 53.4 Å². The van der Waals surface area contributed by atoms with Gasteiger partial charge in [0.15, 0.2) is 0 Å². The maximum Gasteiger partial charge on any atom is 0.387 e. The number of piperazine rings is 1. The molecule has 0 N–H and O–H groups in total. The van der Waals surface area contributed by atoms with Crippen molar-refractivity contribution >= 4 is 15.9 Å². The summed E-state index contributed by atoms with van der Waals surface area (Å²) in [5, 5.41) is 0. The van der Waals surface area contributed by atoms with Crippen molar-refractivity contribution in [2.75, 3.05) is 26.2 Å². The molecular weight excluding hydrogens is 397 g/mol. The van der Waals surface area contributed by atoms with Crippen LogP contribution in [0.1, 0.15) is 10.4 Å². The Kier molecular flexibility index (Phi) is 5.90. The first kappa shape index (κ1) is 20.2. The Morgan fingerprint density at radius 1 is 1.00 bits per heavy atom. The first-order chi connectivity index (χ1) is 13.3. The van der Waals surface area contributed by atoms with Crippen molar-refractivity contribution in [3.63, 3.8) is 0 Å². The van der Waals surface area contributed by atoms with Crippen molar-refractivity contribution in [1.82, 2.24) is 9.21 Å². The van der Waals surface area contributed by atoms with E-state index in [1.165, 1.54) is 41.3 Å². The molecule has 0 aliphatic carbocycles. The molecule has 0 aromatic heterocycles. The van der Waals surface area contributed by atoms with Gasteiger partial charge in [0.2, 0.25) is 10.0 Å². The molecule has 1 amide bonds. The lowest BCUT2D eigenvalue weighted by Crippen LogP contribution is -2.50. The second kappa shape index (κ2) is 8.19. The Hall–Kier alpha value is -2.59. The number of rotatable bonds is 5. The summed E-state index contributed by atoms with van der Waals surface area (Å²) in [6.07, 6.45) is 0. The van der Waals surface area contributed by atoms with Crippen LogP contribution in [-0.4, -0.2) is 56.3 Å². The highest BCUT2D eigenvalue weighted by molar-refractivity contribution is 7.89. The molecule has 0 bridgehead atoms. The SMILES string of the molecule is O=C(c1ccccc1OC(F)F)N1CCN(S(=O)(=O)c2cccc(F)c2)CC1. The maximum atomic E-state index is 13.3. The van der Waals surface area contributed by atoms with Crippen LogP contribution < -0.4 is 4.74 Å². The molecule has 0 saturated carbocycles. The molecule has 1 saturated heterocycles. The van der Waals surface area contributed by atoms with Gasteiger partial charge in [-0.05, 0) is 30.3 Å². The fourth-order valence-electron chi connectivity index (χ4n) is 2.92. The topological polar surface area (TPSA) is 66.9 Å². The maximum absolute atomic E-state index is 13.3. The molecule has 1 aliphatic heterocycles. The number of para-hydroxylation sites is 1. The number of ether oxygens (including phenoxy) is 1. The Morgan fingerprint density at radius 3 is 2.32 bits per heavy atom. The molecular formula is C18H17F3N2O4S. The predicted octanol–water partition coefficient (Wildman–Crippen LogP) is 2.57. The predicted molar refractivity (Wildman–Crippen MR) is 94.1 cm³/mol. The molecule has 6 nitrogen and oxygen atoms in total. The van der Waals surface area contributed by atoms with Gasteiger partial charge < -0.3 is 9.64 Å². The van der Waals surface area contributed by atoms with Crippen LogP contribution in [-0.2, 0) is 10.0 Å². The molecule has 150 valence electrons. The van der Waals surface area contributed by atoms with E-state index >= 15 is 0 Å². The third kappa shape index (κ3) is 4.28. The number of nitrogens with zero attached hydrogens (tertiary/aromatic N) is 2. The molecule has 1 fully saturated rings. The van der Waals surface area contributed by atoms with Gasteiger partial charge in [-0.3, -0.25) is 4.79 Å². The van der Waals surface area contributed by atoms with Gasteiger partial charge in [0.25, 0.3) is 5.91 Å². The van der Waals surface area contributed by atoms with Gasteiger partial charge in [-0.1, -0.05) is 18.2 Å². The lowest BCUT2D eigenvalue weighted by atomic mass is 10.1. The number of sulfonamides is 1. The average Bonchev–Trinajstić information content (AvgIpc) is 2.67. The van der Waals surface area contributed by atoms with Gasteiger partial charge in [0.05, 0.1) is 10.5 Å². The summed E-state index contributed by atoms with van der Waals surface area (Å²) in [4.78, 5) is 13.9. The second-order valence-corrected chi connectivity index (χ2v) is 7.97. The zero-order chi connectivity index (χ0) is 20.3. The molecule has 2 aromatic rings. The smallest absolute Gasteiger partial charge is 0.387 e. The highest BCUT2D eigenvalue weighted by atomic mass is 32.2. The Labute approximate surface area is 160 Å². The molecule has 3 rings (SSSR count). The van der Waals surface area contributed by atoms with Crippen LogP contribution in [0, 0.1) is 5.82 Å². The first-order valence-corrected chi connectivity index (χ1v) is 9.82. The number of alkyl halides is 2. The number of benzene rings is 2. The van der Waals surface area contributed by atoms with Crippen LogP contribution in [0.3, 0.4) is 0 Å². The standard InChI is InChI=1S/C18H17F3N2O4S/c19-13-4-3-5-14(12-13)28(25,26)23-10-8-22(9-11-23)17(24)15-6-1-2-7-16(15)27-18(20)21/h1-7,12,18H,8-11H2. The van der Waals surface area contributed by atoms with E-state index in [9.17, 15) is 26.4 Å². The van der Waals surface area contributed by atoms with E-state index < -0.39 is 28.4 Å². The van der Waals surface area contributed by atoms with Gasteiger partial charge in [0.1, 0.15) is 11.6 Å². The molecule has 0 atom stereocenters. The van der Waals surface area contributed by atoms with E-state index in [1.807, 2.05) is 0 Å². The van der Waals surface area contributed by atoms with Crippen LogP contribution >= 0.6 is 0 Å². The van der Waals surface area contributed by atoms with E-state index in [-0.39, 0.29) is 42.4 Å². The monoisotopic (exact) mass is 414 g/mol. The van der Waals surface area contributed by atoms with E-state index in [2.05, 4.69) is 4.74 Å². The average molecular weight is 414 g/mol. The minimum Gasteiger partial charge on any atom is -0.434 e. The minimum absolute atomic E-state index is 0.00244. The van der Waals surface area contributed by atoms with E-state index in [0.717, 1.165) is 16.4 Å². The number of hydrogen-bond acceptors (Lipinski definition) is 4. The summed E-state index contributed by atoms with van der Waals surface area (Å²) >= 11 is 0. The lowest BCUT2D eigenvalue weighted by molar-refractivity contribution is -0.0503. The largest absolute Gasteiger partial charge is 0.434 e. The number of hydrogen-bond donors (Lipinski definition) is 0. The van der Waals surface area contributed by atoms with E-state index in [1.54, 1.807) is 0 Å². The van der Waals surface area contributed by atoms with Crippen molar-refractivity contribution in [2.45, 2.75) is 11.5 Å². The summed E-state index contributed by atoms with van der Waals surface area (Å²) in [5.41, 5.74) is -0.0239. The quantitative estimate of drug-likeness (QED) is 0.754. The molecule has 0 unspecified atom stereocenters. The highest BCUT2D eigenvalue weighted by Gasteiger charge is 2.31. The van der Waals surface area contributed by atoms with E-state index in [0.29, 0.717) is 0 Å². The normalized spacial score (nSPS) is 15.6. The fourth-order valence-corrected chi connectivity index (χ4v) is 4.37. The van der Waals surface area contributed by atoms with Gasteiger partial charge in [-0.15, -0.1) is 0 Å². The molecule has 0 radical (unpaired) electrons. The van der Waals surface area contributed by atoms with Gasteiger partial charge in [-0.2, -0.15) is 13.1 Å². The summed E-state index contributed by atoms with van der Waals surface area (Å²) in [7, 11) is -3.89. The molecule has 2 aromatic carbocycles. The Bertz CT molecular complexity index is 961. The number of carbonyl (C=O) groups is 1. The summed E-state index contributed by atoms with van der Waals surface area (Å²) in [5.74, 6) is -1.43. The molecule has 0 spiro atoms. The summed E-state index contributed by atoms with van der Waals surface area (Å²) < 4.78 is 69.2. The summed E-state index contributed by atoms with van der Waals surface area (Å²) in [6, 6.07) is 10.3. The van der Waals surface area contributed by atoms with Gasteiger partial charge in [0, 0.05) is 26.2 Å². The van der Waals surface area contributed by atoms with Crippen molar-refractivity contribution in [1.29, 1.82) is 0 Å². The van der Waals surface area contributed by atoms with Crippen molar-refractivity contribution in [3.05, 3.63) is 59.9 Å². The number of halogens is 3. The molecule has 1 aliphatic rings. The van der Waals surface area contributed by atoms with Crippen LogP contribution in [0.25, 0.3) is 0 Å². The zero-order valence-corrected chi connectivity index (χ0v) is 15.4. The highest BCUT2D eigenvalue weighted by Crippen LogP contribution is 2.24. The molecule has 28 heavy (non-hydrogen) atoms. The third-order valence-corrected chi connectivity index (χ3v) is 6.19. The number of carbonyl (C=O) groups excluding carboxylic acids is 1. The van der Waals surface area contributed by atoms with Gasteiger partial charge in [-0.25, -0.2) is 12.8 Å². The Morgan fingerprint density at radius 2 is 1.68 bits per heavy atom. The van der Waals surface area contributed by atoms with Gasteiger partial charge >= 0.3 is 6.61 Å². The summed E-state index contributed by atoms with van der Waals surface area (Å²) in [6.45, 7) is -2.93. The molecule has 1 heterocycles. The van der Waals surface area contributed by atoms with Crippen LogP contribution in [0.5, 0.6) is 5.75 Å². The number of amides is 1. The zero-order valence-electron chi connectivity index (χ0n) is 14.6. The van der Waals surface area contributed by atoms with Crippen molar-refractivity contribution in [2.24, 2.45) is 0 Å². The van der Waals surface area contributed by atoms with Crippen LogP contribution in [0.4, 0.5) is 13.2 Å².